The number of benzene rings is 3. The Hall–Kier alpha value is -1.89. The lowest BCUT2D eigenvalue weighted by molar-refractivity contribution is 0.830. The van der Waals surface area contributed by atoms with E-state index in [4.69, 9.17) is 4.99 Å². The van der Waals surface area contributed by atoms with E-state index in [9.17, 15) is 0 Å². The lowest BCUT2D eigenvalue weighted by Crippen LogP contribution is -2.10. The Morgan fingerprint density at radius 1 is 0.833 bits per heavy atom. The summed E-state index contributed by atoms with van der Waals surface area (Å²) in [6.45, 7) is 11.2. The number of nitrogens with zero attached hydrogens (tertiary/aromatic N) is 1. The summed E-state index contributed by atoms with van der Waals surface area (Å²) in [5.41, 5.74) is 6.44. The van der Waals surface area contributed by atoms with Crippen LogP contribution in [0.1, 0.15) is 61.8 Å². The molecular weight excluding hydrogens is 401 g/mol. The molecule has 1 unspecified atom stereocenters. The van der Waals surface area contributed by atoms with Gasteiger partial charge in [0, 0.05) is 16.4 Å². The predicted molar refractivity (Wildman–Crippen MR) is 139 cm³/mol. The van der Waals surface area contributed by atoms with Gasteiger partial charge in [0.2, 0.25) is 0 Å². The number of thioether (sulfide) groups is 1. The molecule has 0 fully saturated rings. The average Bonchev–Trinajstić information content (AvgIpc) is 2.74. The largest absolute Gasteiger partial charge is 0.256 e. The minimum Gasteiger partial charge on any atom is -0.256 e. The highest BCUT2D eigenvalue weighted by Crippen LogP contribution is 2.29. The molecule has 0 bridgehead atoms. The molecule has 3 aromatic rings. The fourth-order valence-corrected chi connectivity index (χ4v) is 5.94. The summed E-state index contributed by atoms with van der Waals surface area (Å²) < 4.78 is 0. The van der Waals surface area contributed by atoms with Crippen molar-refractivity contribution in [2.24, 2.45) is 4.99 Å². The molecule has 3 aromatic carbocycles. The van der Waals surface area contributed by atoms with Crippen LogP contribution in [0.5, 0.6) is 0 Å². The van der Waals surface area contributed by atoms with Crippen molar-refractivity contribution < 1.29 is 0 Å². The molecule has 0 N–H and O–H groups in total. The molecule has 0 saturated carbocycles. The van der Waals surface area contributed by atoms with E-state index in [1.807, 2.05) is 11.8 Å². The number of para-hydroxylation sites is 1. The average molecular weight is 434 g/mol. The van der Waals surface area contributed by atoms with Crippen LogP contribution in [-0.2, 0) is 0 Å². The number of rotatable bonds is 7. The first-order valence-corrected chi connectivity index (χ1v) is 12.8. The summed E-state index contributed by atoms with van der Waals surface area (Å²) in [5.74, 6) is 0.941. The maximum absolute atomic E-state index is 5.02. The van der Waals surface area contributed by atoms with Gasteiger partial charge in [0.25, 0.3) is 0 Å². The number of aryl methyl sites for hydroxylation is 1. The van der Waals surface area contributed by atoms with Crippen LogP contribution in [0.3, 0.4) is 0 Å². The van der Waals surface area contributed by atoms with Crippen LogP contribution in [0.2, 0.25) is 0 Å². The van der Waals surface area contributed by atoms with Gasteiger partial charge in [-0.2, -0.15) is 0 Å². The zero-order valence-corrected chi connectivity index (χ0v) is 20.7. The molecule has 0 amide bonds. The molecule has 0 aliphatic heterocycles. The Kier molecular flexibility index (Phi) is 7.92. The molecule has 1 atom stereocenters. The van der Waals surface area contributed by atoms with Crippen LogP contribution >= 0.6 is 20.3 Å². The normalized spacial score (nSPS) is 12.1. The first kappa shape index (κ1) is 22.8. The van der Waals surface area contributed by atoms with Crippen LogP contribution in [0.4, 0.5) is 5.69 Å². The zero-order chi connectivity index (χ0) is 21.7. The molecular formula is C27H32NPS. The van der Waals surface area contributed by atoms with Crippen molar-refractivity contribution in [1.82, 2.24) is 0 Å². The maximum atomic E-state index is 5.02. The van der Waals surface area contributed by atoms with Gasteiger partial charge in [-0.15, -0.1) is 11.8 Å². The van der Waals surface area contributed by atoms with Gasteiger partial charge in [0.1, 0.15) is 0 Å². The first-order valence-electron chi connectivity index (χ1n) is 10.6. The van der Waals surface area contributed by atoms with Gasteiger partial charge in [-0.25, -0.2) is 0 Å². The monoisotopic (exact) mass is 433 g/mol. The molecule has 0 saturated heterocycles. The second kappa shape index (κ2) is 10.4. The summed E-state index contributed by atoms with van der Waals surface area (Å²) >= 11 is 1.82. The van der Waals surface area contributed by atoms with Crippen molar-refractivity contribution in [3.05, 3.63) is 82.9 Å². The van der Waals surface area contributed by atoms with E-state index in [1.165, 1.54) is 37.8 Å². The minimum absolute atomic E-state index is 0.471. The molecule has 1 nitrogen and oxygen atoms in total. The van der Waals surface area contributed by atoms with E-state index in [0.29, 0.717) is 20.4 Å². The van der Waals surface area contributed by atoms with Gasteiger partial charge < -0.3 is 0 Å². The quantitative estimate of drug-likeness (QED) is 0.216. The van der Waals surface area contributed by atoms with Crippen molar-refractivity contribution >= 4 is 42.9 Å². The Labute approximate surface area is 188 Å². The van der Waals surface area contributed by atoms with Crippen LogP contribution in [-0.4, -0.2) is 12.5 Å². The SMILES string of the molecule is CSc1cccc(C)c1Pc1ccccc1N=Cc1c(C(C)C)cccc1C(C)C. The molecule has 0 radical (unpaired) electrons. The molecule has 0 heterocycles. The minimum atomic E-state index is 0.471. The highest BCUT2D eigenvalue weighted by atomic mass is 32.2. The van der Waals surface area contributed by atoms with Crippen molar-refractivity contribution in [1.29, 1.82) is 0 Å². The second-order valence-electron chi connectivity index (χ2n) is 8.21. The summed E-state index contributed by atoms with van der Waals surface area (Å²) in [6, 6.07) is 21.8. The molecule has 0 aliphatic rings. The lowest BCUT2D eigenvalue weighted by atomic mass is 9.89. The van der Waals surface area contributed by atoms with Crippen LogP contribution in [0.15, 0.2) is 70.6 Å². The Balaban J connectivity index is 2.02. The third kappa shape index (κ3) is 5.23. The number of hydrogen-bond acceptors (Lipinski definition) is 2. The second-order valence-corrected chi connectivity index (χ2v) is 10.3. The molecule has 0 spiro atoms. The molecule has 3 heteroatoms. The fourth-order valence-electron chi connectivity index (χ4n) is 3.69. The Morgan fingerprint density at radius 3 is 2.10 bits per heavy atom. The Morgan fingerprint density at radius 2 is 1.47 bits per heavy atom. The third-order valence-electron chi connectivity index (χ3n) is 5.37. The predicted octanol–water partition coefficient (Wildman–Crippen LogP) is 7.34. The lowest BCUT2D eigenvalue weighted by Gasteiger charge is -2.17. The van der Waals surface area contributed by atoms with Gasteiger partial charge in [-0.1, -0.05) is 84.8 Å². The van der Waals surface area contributed by atoms with Gasteiger partial charge in [0.15, 0.2) is 0 Å². The molecule has 0 aliphatic carbocycles. The fraction of sp³-hybridized carbons (Fsp3) is 0.296. The third-order valence-corrected chi connectivity index (χ3v) is 7.94. The number of hydrogen-bond donors (Lipinski definition) is 0. The summed E-state index contributed by atoms with van der Waals surface area (Å²) in [6.07, 6.45) is 4.25. The standard InChI is InChI=1S/C27H32NPS/c1-18(2)21-12-10-13-22(19(3)4)23(21)17-28-24-14-7-8-15-25(24)29-27-20(5)11-9-16-26(27)30-6/h7-19,29H,1-6H3. The van der Waals surface area contributed by atoms with E-state index in [2.05, 4.69) is 108 Å². The van der Waals surface area contributed by atoms with Gasteiger partial charge in [0.05, 0.1) is 5.69 Å². The summed E-state index contributed by atoms with van der Waals surface area (Å²) in [4.78, 5) is 6.38. The highest BCUT2D eigenvalue weighted by molar-refractivity contribution is 7.99. The number of aliphatic imine (C=N–C) groups is 1. The Bertz CT molecular complexity index is 1010. The van der Waals surface area contributed by atoms with Gasteiger partial charge in [-0.3, -0.25) is 4.99 Å². The van der Waals surface area contributed by atoms with E-state index in [0.717, 1.165) is 5.69 Å². The van der Waals surface area contributed by atoms with Gasteiger partial charge >= 0.3 is 0 Å². The van der Waals surface area contributed by atoms with E-state index < -0.39 is 0 Å². The van der Waals surface area contributed by atoms with Crippen molar-refractivity contribution in [3.63, 3.8) is 0 Å². The molecule has 30 heavy (non-hydrogen) atoms. The van der Waals surface area contributed by atoms with Crippen LogP contribution in [0, 0.1) is 6.92 Å². The van der Waals surface area contributed by atoms with E-state index in [-0.39, 0.29) is 0 Å². The van der Waals surface area contributed by atoms with Crippen molar-refractivity contribution in [2.45, 2.75) is 51.3 Å². The molecule has 3 rings (SSSR count). The maximum Gasteiger partial charge on any atom is 0.0707 e. The topological polar surface area (TPSA) is 12.4 Å². The zero-order valence-electron chi connectivity index (χ0n) is 18.9. The molecule has 156 valence electrons. The van der Waals surface area contributed by atoms with E-state index in [1.54, 1.807) is 0 Å². The van der Waals surface area contributed by atoms with Crippen LogP contribution < -0.4 is 10.6 Å². The van der Waals surface area contributed by atoms with Crippen molar-refractivity contribution in [3.8, 4) is 0 Å². The first-order chi connectivity index (χ1) is 14.4. The van der Waals surface area contributed by atoms with E-state index >= 15 is 0 Å². The summed E-state index contributed by atoms with van der Waals surface area (Å²) in [7, 11) is 0.598. The molecule has 0 aromatic heterocycles. The smallest absolute Gasteiger partial charge is 0.0707 e. The van der Waals surface area contributed by atoms with Crippen molar-refractivity contribution in [2.75, 3.05) is 6.26 Å². The van der Waals surface area contributed by atoms with Crippen LogP contribution in [0.25, 0.3) is 0 Å². The summed E-state index contributed by atoms with van der Waals surface area (Å²) in [5, 5.41) is 2.73. The van der Waals surface area contributed by atoms with Gasteiger partial charge in [-0.05, 0) is 64.7 Å². The highest BCUT2D eigenvalue weighted by Gasteiger charge is 2.13.